The molecule has 4 heteroatoms. The minimum Gasteiger partial charge on any atom is -0.347 e. The smallest absolute Gasteiger partial charge is 0.242 e. The van der Waals surface area contributed by atoms with Crippen molar-refractivity contribution in [2.75, 3.05) is 19.6 Å². The molecule has 0 atom stereocenters. The highest BCUT2D eigenvalue weighted by molar-refractivity contribution is 5.86. The molecule has 1 heterocycles. The van der Waals surface area contributed by atoms with Crippen molar-refractivity contribution in [3.63, 3.8) is 0 Å². The van der Waals surface area contributed by atoms with Crippen molar-refractivity contribution in [1.82, 2.24) is 10.2 Å². The number of hydrogen-bond donors (Lipinski definition) is 1. The van der Waals surface area contributed by atoms with E-state index in [4.69, 9.17) is 0 Å². The molecule has 0 saturated heterocycles. The van der Waals surface area contributed by atoms with Crippen LogP contribution < -0.4 is 5.32 Å². The molecule has 0 aromatic heterocycles. The third-order valence-electron chi connectivity index (χ3n) is 5.37. The molecule has 1 aromatic carbocycles. The lowest BCUT2D eigenvalue weighted by atomic mass is 9.89. The van der Waals surface area contributed by atoms with Gasteiger partial charge in [-0.2, -0.15) is 0 Å². The summed E-state index contributed by atoms with van der Waals surface area (Å²) in [6, 6.07) is 8.52. The zero-order valence-corrected chi connectivity index (χ0v) is 15.1. The Hall–Kier alpha value is -2.10. The fraction of sp³-hybridized carbons (Fsp3) is 0.524. The van der Waals surface area contributed by atoms with E-state index in [-0.39, 0.29) is 24.3 Å². The maximum atomic E-state index is 12.4. The molecule has 4 nitrogen and oxygen atoms in total. The molecule has 2 aliphatic rings. The van der Waals surface area contributed by atoms with Crippen molar-refractivity contribution in [3.05, 3.63) is 41.5 Å². The summed E-state index contributed by atoms with van der Waals surface area (Å²) in [6.07, 6.45) is 8.42. The van der Waals surface area contributed by atoms with Crippen molar-refractivity contribution in [3.8, 4) is 0 Å². The van der Waals surface area contributed by atoms with Gasteiger partial charge in [0.15, 0.2) is 0 Å². The summed E-state index contributed by atoms with van der Waals surface area (Å²) in [6.45, 7) is 3.56. The van der Waals surface area contributed by atoms with E-state index in [1.807, 2.05) is 4.90 Å². The van der Waals surface area contributed by atoms with E-state index in [1.165, 1.54) is 23.1 Å². The van der Waals surface area contributed by atoms with Crippen LogP contribution in [0.2, 0.25) is 0 Å². The Balaban J connectivity index is 1.47. The van der Waals surface area contributed by atoms with Crippen molar-refractivity contribution < 1.29 is 9.59 Å². The molecule has 0 bridgehead atoms. The molecule has 1 saturated carbocycles. The van der Waals surface area contributed by atoms with Crippen LogP contribution in [-0.4, -0.2) is 36.3 Å². The molecular weight excluding hydrogens is 312 g/mol. The van der Waals surface area contributed by atoms with Crippen LogP contribution in [0.5, 0.6) is 0 Å². The van der Waals surface area contributed by atoms with Crippen molar-refractivity contribution in [2.45, 2.75) is 45.4 Å². The summed E-state index contributed by atoms with van der Waals surface area (Å²) >= 11 is 0. The molecule has 0 unspecified atom stereocenters. The fourth-order valence-electron chi connectivity index (χ4n) is 3.71. The van der Waals surface area contributed by atoms with Gasteiger partial charge in [0.2, 0.25) is 11.8 Å². The lowest BCUT2D eigenvalue weighted by Gasteiger charge is -2.27. The quantitative estimate of drug-likeness (QED) is 0.914. The molecule has 1 fully saturated rings. The van der Waals surface area contributed by atoms with Gasteiger partial charge < -0.3 is 10.2 Å². The van der Waals surface area contributed by atoms with E-state index >= 15 is 0 Å². The first-order valence-corrected chi connectivity index (χ1v) is 9.45. The van der Waals surface area contributed by atoms with Gasteiger partial charge in [0.1, 0.15) is 0 Å². The largest absolute Gasteiger partial charge is 0.347 e. The number of hydrogen-bond acceptors (Lipinski definition) is 2. The van der Waals surface area contributed by atoms with Gasteiger partial charge in [0.05, 0.1) is 6.54 Å². The van der Waals surface area contributed by atoms with E-state index in [0.29, 0.717) is 6.54 Å². The normalized spacial score (nSPS) is 18.6. The van der Waals surface area contributed by atoms with Gasteiger partial charge in [0, 0.05) is 19.0 Å². The van der Waals surface area contributed by atoms with Gasteiger partial charge in [0.25, 0.3) is 0 Å². The summed E-state index contributed by atoms with van der Waals surface area (Å²) in [5, 5.41) is 2.85. The Morgan fingerprint density at radius 1 is 1.12 bits per heavy atom. The second-order valence-electron chi connectivity index (χ2n) is 7.24. The SMILES string of the molecule is Cc1ccc(C2=CCN(C(=O)CNC(=O)C3CCCCC3)CC2)cc1. The Morgan fingerprint density at radius 3 is 2.48 bits per heavy atom. The van der Waals surface area contributed by atoms with Gasteiger partial charge in [-0.1, -0.05) is 55.2 Å². The van der Waals surface area contributed by atoms with Crippen LogP contribution in [-0.2, 0) is 9.59 Å². The second kappa shape index (κ2) is 8.32. The van der Waals surface area contributed by atoms with Gasteiger partial charge in [-0.3, -0.25) is 9.59 Å². The number of benzene rings is 1. The summed E-state index contributed by atoms with van der Waals surface area (Å²) in [7, 11) is 0. The third kappa shape index (κ3) is 4.71. The van der Waals surface area contributed by atoms with Crippen molar-refractivity contribution in [2.24, 2.45) is 5.92 Å². The van der Waals surface area contributed by atoms with Crippen LogP contribution >= 0.6 is 0 Å². The molecule has 134 valence electrons. The first-order valence-electron chi connectivity index (χ1n) is 9.45. The summed E-state index contributed by atoms with van der Waals surface area (Å²) in [4.78, 5) is 26.3. The van der Waals surface area contributed by atoms with Crippen molar-refractivity contribution >= 4 is 17.4 Å². The fourth-order valence-corrected chi connectivity index (χ4v) is 3.71. The van der Waals surface area contributed by atoms with Gasteiger partial charge in [-0.15, -0.1) is 0 Å². The Bertz CT molecular complexity index is 642. The lowest BCUT2D eigenvalue weighted by Crippen LogP contribution is -2.43. The second-order valence-corrected chi connectivity index (χ2v) is 7.24. The monoisotopic (exact) mass is 340 g/mol. The predicted molar refractivity (Wildman–Crippen MR) is 99.9 cm³/mol. The standard InChI is InChI=1S/C21H28N2O2/c1-16-7-9-17(10-8-16)18-11-13-23(14-12-18)20(24)15-22-21(25)19-5-3-2-4-6-19/h7-11,19H,2-6,12-15H2,1H3,(H,22,25). The van der Waals surface area contributed by atoms with Crippen LogP contribution in [0.1, 0.15) is 49.7 Å². The highest BCUT2D eigenvalue weighted by Gasteiger charge is 2.23. The Morgan fingerprint density at radius 2 is 1.84 bits per heavy atom. The highest BCUT2D eigenvalue weighted by Crippen LogP contribution is 2.24. The topological polar surface area (TPSA) is 49.4 Å². The van der Waals surface area contributed by atoms with Gasteiger partial charge in [-0.05, 0) is 37.3 Å². The molecule has 1 aliphatic heterocycles. The van der Waals surface area contributed by atoms with Crippen LogP contribution in [0.3, 0.4) is 0 Å². The number of rotatable bonds is 4. The molecule has 2 amide bonds. The van der Waals surface area contributed by atoms with E-state index in [9.17, 15) is 9.59 Å². The summed E-state index contributed by atoms with van der Waals surface area (Å²) < 4.78 is 0. The van der Waals surface area contributed by atoms with Crippen LogP contribution in [0.4, 0.5) is 0 Å². The first kappa shape index (κ1) is 17.7. The maximum Gasteiger partial charge on any atom is 0.242 e. The lowest BCUT2D eigenvalue weighted by molar-refractivity contribution is -0.134. The minimum absolute atomic E-state index is 0.0170. The maximum absolute atomic E-state index is 12.4. The number of nitrogens with zero attached hydrogens (tertiary/aromatic N) is 1. The summed E-state index contributed by atoms with van der Waals surface area (Å²) in [5.74, 6) is 0.181. The molecule has 1 aromatic rings. The molecule has 25 heavy (non-hydrogen) atoms. The number of carbonyl (C=O) groups excluding carboxylic acids is 2. The average Bonchev–Trinajstić information content (AvgIpc) is 2.67. The molecule has 1 aliphatic carbocycles. The molecule has 3 rings (SSSR count). The molecular formula is C21H28N2O2. The van der Waals surface area contributed by atoms with Gasteiger partial charge >= 0.3 is 0 Å². The number of nitrogens with one attached hydrogen (secondary N) is 1. The van der Waals surface area contributed by atoms with E-state index in [2.05, 4.69) is 42.6 Å². The third-order valence-corrected chi connectivity index (χ3v) is 5.37. The molecule has 0 spiro atoms. The van der Waals surface area contributed by atoms with Crippen molar-refractivity contribution in [1.29, 1.82) is 0 Å². The first-order chi connectivity index (χ1) is 12.1. The van der Waals surface area contributed by atoms with E-state index in [1.54, 1.807) is 0 Å². The van der Waals surface area contributed by atoms with E-state index in [0.717, 1.165) is 38.6 Å². The summed E-state index contributed by atoms with van der Waals surface area (Å²) in [5.41, 5.74) is 3.80. The predicted octanol–water partition coefficient (Wildman–Crippen LogP) is 3.31. The Kier molecular flexibility index (Phi) is 5.90. The highest BCUT2D eigenvalue weighted by atomic mass is 16.2. The van der Waals surface area contributed by atoms with Crippen LogP contribution in [0.25, 0.3) is 5.57 Å². The molecule has 0 radical (unpaired) electrons. The van der Waals surface area contributed by atoms with E-state index < -0.39 is 0 Å². The zero-order chi connectivity index (χ0) is 17.6. The number of carbonyl (C=O) groups is 2. The van der Waals surface area contributed by atoms with Crippen LogP contribution in [0.15, 0.2) is 30.3 Å². The average molecular weight is 340 g/mol. The minimum atomic E-state index is 0.0170. The molecule has 1 N–H and O–H groups in total. The van der Waals surface area contributed by atoms with Crippen LogP contribution in [0, 0.1) is 12.8 Å². The zero-order valence-electron chi connectivity index (χ0n) is 15.1. The number of aryl methyl sites for hydroxylation is 1. The Labute approximate surface area is 150 Å². The van der Waals surface area contributed by atoms with Gasteiger partial charge in [-0.25, -0.2) is 0 Å². The number of amides is 2.